The van der Waals surface area contributed by atoms with Gasteiger partial charge in [0, 0.05) is 18.2 Å². The molecule has 0 spiro atoms. The second kappa shape index (κ2) is 10.4. The number of anilines is 1. The van der Waals surface area contributed by atoms with E-state index >= 15 is 0 Å². The molecule has 1 amide bonds. The van der Waals surface area contributed by atoms with Gasteiger partial charge in [-0.2, -0.15) is 5.10 Å². The Bertz CT molecular complexity index is 1030. The Hall–Kier alpha value is -3.59. The first-order chi connectivity index (χ1) is 14.9. The zero-order valence-corrected chi connectivity index (χ0v) is 17.2. The molecule has 0 unspecified atom stereocenters. The van der Waals surface area contributed by atoms with Crippen LogP contribution in [0.3, 0.4) is 0 Å². The molecule has 2 aromatic carbocycles. The number of guanidine groups is 1. The van der Waals surface area contributed by atoms with Crippen molar-refractivity contribution in [3.63, 3.8) is 0 Å². The first-order valence-electron chi connectivity index (χ1n) is 9.75. The average Bonchev–Trinajstić information content (AvgIpc) is 3.21. The monoisotopic (exact) mass is 427 g/mol. The number of aromatic amines is 1. The largest absolute Gasteiger partial charge is 0.380 e. The van der Waals surface area contributed by atoms with Crippen LogP contribution >= 0.6 is 0 Å². The molecule has 1 aromatic heterocycles. The molecule has 1 atom stereocenters. The van der Waals surface area contributed by atoms with Crippen molar-refractivity contribution < 1.29 is 18.3 Å². The second-order valence-electron chi connectivity index (χ2n) is 6.75. The fourth-order valence-corrected chi connectivity index (χ4v) is 2.71. The summed E-state index contributed by atoms with van der Waals surface area (Å²) in [6.45, 7) is 4.64. The summed E-state index contributed by atoms with van der Waals surface area (Å²) >= 11 is 0. The maximum atomic E-state index is 13.1. The molecule has 1 heterocycles. The van der Waals surface area contributed by atoms with Crippen molar-refractivity contribution in [1.29, 1.82) is 0 Å². The number of rotatable bonds is 7. The zero-order chi connectivity index (χ0) is 22.2. The van der Waals surface area contributed by atoms with E-state index in [1.165, 1.54) is 36.4 Å². The lowest BCUT2D eigenvalue weighted by molar-refractivity contribution is 0.0976. The van der Waals surface area contributed by atoms with E-state index in [9.17, 15) is 13.6 Å². The summed E-state index contributed by atoms with van der Waals surface area (Å²) in [4.78, 5) is 17.0. The second-order valence-corrected chi connectivity index (χ2v) is 6.75. The van der Waals surface area contributed by atoms with Gasteiger partial charge in [-0.25, -0.2) is 13.8 Å². The number of nitrogens with one attached hydrogen (secondary N) is 3. The zero-order valence-electron chi connectivity index (χ0n) is 17.2. The van der Waals surface area contributed by atoms with Crippen LogP contribution in [-0.4, -0.2) is 41.3 Å². The van der Waals surface area contributed by atoms with Crippen molar-refractivity contribution in [1.82, 2.24) is 15.5 Å². The van der Waals surface area contributed by atoms with Crippen molar-refractivity contribution >= 4 is 17.7 Å². The van der Waals surface area contributed by atoms with Gasteiger partial charge in [0.2, 0.25) is 5.96 Å². The van der Waals surface area contributed by atoms with Crippen LogP contribution in [-0.2, 0) is 4.74 Å². The Balaban J connectivity index is 1.77. The number of aliphatic imine (C=N–C) groups is 1. The van der Waals surface area contributed by atoms with Crippen LogP contribution < -0.4 is 10.6 Å². The summed E-state index contributed by atoms with van der Waals surface area (Å²) in [6, 6.07) is 12.6. The van der Waals surface area contributed by atoms with Crippen LogP contribution in [0, 0.1) is 11.6 Å². The fraction of sp³-hybridized carbons (Fsp3) is 0.227. The molecule has 0 fully saturated rings. The standard InChI is InChI=1S/C22H23F2N5O2/c1-3-31-13-14(2)25-22(27-21(30)16-6-10-18(24)11-7-16)26-20-12-19(28-29-20)15-4-8-17(23)9-5-15/h4-12,14H,3,13H2,1-2H3,(H3,25,26,27,28,29,30)/t14-/m0/s1. The molecule has 0 saturated heterocycles. The number of benzene rings is 2. The van der Waals surface area contributed by atoms with E-state index in [0.29, 0.717) is 24.7 Å². The van der Waals surface area contributed by atoms with Crippen molar-refractivity contribution in [3.05, 3.63) is 71.8 Å². The number of halogens is 2. The molecule has 162 valence electrons. The number of hydrogen-bond acceptors (Lipinski definition) is 4. The molecule has 3 aromatic rings. The highest BCUT2D eigenvalue weighted by atomic mass is 19.1. The lowest BCUT2D eigenvalue weighted by Crippen LogP contribution is -2.37. The van der Waals surface area contributed by atoms with Gasteiger partial charge in [0.15, 0.2) is 5.82 Å². The summed E-state index contributed by atoms with van der Waals surface area (Å²) in [5, 5.41) is 12.7. The normalized spacial score (nSPS) is 12.5. The highest BCUT2D eigenvalue weighted by Crippen LogP contribution is 2.20. The molecule has 9 heteroatoms. The Labute approximate surface area is 178 Å². The summed E-state index contributed by atoms with van der Waals surface area (Å²) in [5.41, 5.74) is 1.69. The third-order valence-electron chi connectivity index (χ3n) is 4.23. The number of aromatic nitrogens is 2. The minimum Gasteiger partial charge on any atom is -0.380 e. The van der Waals surface area contributed by atoms with Gasteiger partial charge in [0.05, 0.1) is 18.3 Å². The lowest BCUT2D eigenvalue weighted by atomic mass is 10.1. The maximum Gasteiger partial charge on any atom is 0.257 e. The number of carbonyl (C=O) groups is 1. The number of nitrogens with zero attached hydrogens (tertiary/aromatic N) is 2. The van der Waals surface area contributed by atoms with Crippen LogP contribution in [0.15, 0.2) is 59.6 Å². The van der Waals surface area contributed by atoms with E-state index < -0.39 is 11.7 Å². The smallest absolute Gasteiger partial charge is 0.257 e. The van der Waals surface area contributed by atoms with Crippen LogP contribution in [0.2, 0.25) is 0 Å². The molecule has 0 aliphatic rings. The predicted octanol–water partition coefficient (Wildman–Crippen LogP) is 3.98. The molecule has 3 rings (SSSR count). The Morgan fingerprint density at radius 3 is 2.42 bits per heavy atom. The number of amides is 1. The molecule has 0 radical (unpaired) electrons. The minimum atomic E-state index is -0.454. The van der Waals surface area contributed by atoms with Crippen molar-refractivity contribution in [3.8, 4) is 11.3 Å². The summed E-state index contributed by atoms with van der Waals surface area (Å²) < 4.78 is 31.7. The molecule has 31 heavy (non-hydrogen) atoms. The highest BCUT2D eigenvalue weighted by Gasteiger charge is 2.13. The van der Waals surface area contributed by atoms with Gasteiger partial charge in [-0.15, -0.1) is 0 Å². The van der Waals surface area contributed by atoms with Crippen LogP contribution in [0.5, 0.6) is 0 Å². The molecule has 7 nitrogen and oxygen atoms in total. The van der Waals surface area contributed by atoms with Crippen LogP contribution in [0.1, 0.15) is 24.2 Å². The summed E-state index contributed by atoms with van der Waals surface area (Å²) in [7, 11) is 0. The van der Waals surface area contributed by atoms with Gasteiger partial charge in [-0.1, -0.05) is 0 Å². The number of H-pyrrole nitrogens is 1. The molecule has 0 bridgehead atoms. The van der Waals surface area contributed by atoms with E-state index in [1.54, 1.807) is 18.2 Å². The Morgan fingerprint density at radius 1 is 1.13 bits per heavy atom. The predicted molar refractivity (Wildman–Crippen MR) is 115 cm³/mol. The van der Waals surface area contributed by atoms with Gasteiger partial charge in [-0.05, 0) is 67.9 Å². The molecular weight excluding hydrogens is 404 g/mol. The van der Waals surface area contributed by atoms with Crippen LogP contribution in [0.4, 0.5) is 14.6 Å². The number of ether oxygens (including phenoxy) is 1. The third-order valence-corrected chi connectivity index (χ3v) is 4.23. The van der Waals surface area contributed by atoms with Crippen molar-refractivity contribution in [2.75, 3.05) is 18.5 Å². The van der Waals surface area contributed by atoms with Crippen molar-refractivity contribution in [2.24, 2.45) is 4.99 Å². The van der Waals surface area contributed by atoms with Crippen molar-refractivity contribution in [2.45, 2.75) is 19.9 Å². The van der Waals surface area contributed by atoms with Gasteiger partial charge in [0.25, 0.3) is 5.91 Å². The number of hydrogen-bond donors (Lipinski definition) is 3. The quantitative estimate of drug-likeness (QED) is 0.393. The van der Waals surface area contributed by atoms with E-state index in [2.05, 4.69) is 25.8 Å². The third kappa shape index (κ3) is 6.45. The van der Waals surface area contributed by atoms with Gasteiger partial charge >= 0.3 is 0 Å². The fourth-order valence-electron chi connectivity index (χ4n) is 2.71. The first kappa shape index (κ1) is 22.1. The number of carbonyl (C=O) groups excluding carboxylic acids is 1. The summed E-state index contributed by atoms with van der Waals surface area (Å²) in [5.74, 6) is -0.648. The van der Waals surface area contributed by atoms with Gasteiger partial charge in [-0.3, -0.25) is 15.2 Å². The molecule has 0 aliphatic heterocycles. The molecular formula is C22H23F2N5O2. The highest BCUT2D eigenvalue weighted by molar-refractivity contribution is 6.09. The van der Waals surface area contributed by atoms with Gasteiger partial charge in [0.1, 0.15) is 11.6 Å². The average molecular weight is 427 g/mol. The van der Waals surface area contributed by atoms with E-state index in [-0.39, 0.29) is 23.4 Å². The first-order valence-corrected chi connectivity index (χ1v) is 9.75. The summed E-state index contributed by atoms with van der Waals surface area (Å²) in [6.07, 6.45) is 0. The van der Waals surface area contributed by atoms with E-state index in [4.69, 9.17) is 4.74 Å². The van der Waals surface area contributed by atoms with Gasteiger partial charge < -0.3 is 10.1 Å². The SMILES string of the molecule is CCOC[C@H](C)N=C(NC(=O)c1ccc(F)cc1)Nc1cc(-c2ccc(F)cc2)[nH]n1. The van der Waals surface area contributed by atoms with E-state index in [0.717, 1.165) is 5.56 Å². The van der Waals surface area contributed by atoms with E-state index in [1.807, 2.05) is 13.8 Å². The topological polar surface area (TPSA) is 91.4 Å². The Morgan fingerprint density at radius 2 is 1.77 bits per heavy atom. The maximum absolute atomic E-state index is 13.1. The minimum absolute atomic E-state index is 0.165. The molecule has 0 aliphatic carbocycles. The molecule has 0 saturated carbocycles. The van der Waals surface area contributed by atoms with Crippen LogP contribution in [0.25, 0.3) is 11.3 Å². The Kier molecular flexibility index (Phi) is 7.45. The molecule has 3 N–H and O–H groups in total. The lowest BCUT2D eigenvalue weighted by Gasteiger charge is -2.13.